The van der Waals surface area contributed by atoms with Crippen LogP contribution in [0.25, 0.3) is 0 Å². The number of carbonyl (C=O) groups is 1. The number of amides is 1. The maximum Gasteiger partial charge on any atom is 0.224 e. The van der Waals surface area contributed by atoms with E-state index in [1.807, 2.05) is 36.4 Å². The van der Waals surface area contributed by atoms with Crippen molar-refractivity contribution in [2.75, 3.05) is 0 Å². The summed E-state index contributed by atoms with van der Waals surface area (Å²) in [6.07, 6.45) is 1.77. The van der Waals surface area contributed by atoms with Crippen molar-refractivity contribution in [2.45, 2.75) is 26.2 Å². The topological polar surface area (TPSA) is 51.5 Å². The van der Waals surface area contributed by atoms with Crippen molar-refractivity contribution >= 4 is 5.91 Å². The van der Waals surface area contributed by atoms with Crippen LogP contribution in [0.4, 0.5) is 4.39 Å². The summed E-state index contributed by atoms with van der Waals surface area (Å²) in [6, 6.07) is 17.6. The lowest BCUT2D eigenvalue weighted by atomic mass is 10.1. The zero-order chi connectivity index (χ0) is 18.2. The van der Waals surface area contributed by atoms with Crippen LogP contribution in [0.1, 0.15) is 22.5 Å². The van der Waals surface area contributed by atoms with Crippen molar-refractivity contribution in [1.82, 2.24) is 5.32 Å². The largest absolute Gasteiger partial charge is 0.467 e. The van der Waals surface area contributed by atoms with Crippen LogP contribution < -0.4 is 5.32 Å². The lowest BCUT2D eigenvalue weighted by molar-refractivity contribution is -0.120. The third-order valence-corrected chi connectivity index (χ3v) is 3.83. The first-order valence-corrected chi connectivity index (χ1v) is 8.38. The monoisotopic (exact) mass is 353 g/mol. The molecule has 0 radical (unpaired) electrons. The molecule has 26 heavy (non-hydrogen) atoms. The van der Waals surface area contributed by atoms with Gasteiger partial charge in [-0.1, -0.05) is 36.4 Å². The molecule has 0 fully saturated rings. The zero-order valence-corrected chi connectivity index (χ0v) is 14.3. The quantitative estimate of drug-likeness (QED) is 0.666. The third-order valence-electron chi connectivity index (χ3n) is 3.83. The zero-order valence-electron chi connectivity index (χ0n) is 14.3. The molecule has 3 aromatic rings. The minimum Gasteiger partial charge on any atom is -0.467 e. The van der Waals surface area contributed by atoms with Crippen molar-refractivity contribution in [2.24, 2.45) is 0 Å². The highest BCUT2D eigenvalue weighted by molar-refractivity contribution is 5.78. The van der Waals surface area contributed by atoms with Gasteiger partial charge in [-0.3, -0.25) is 4.79 Å². The Labute approximate surface area is 151 Å². The van der Waals surface area contributed by atoms with Gasteiger partial charge in [0.15, 0.2) is 0 Å². The minimum atomic E-state index is -0.336. The van der Waals surface area contributed by atoms with Gasteiger partial charge in [0, 0.05) is 6.54 Å². The van der Waals surface area contributed by atoms with Crippen LogP contribution in [-0.2, 0) is 35.7 Å². The van der Waals surface area contributed by atoms with Gasteiger partial charge in [-0.2, -0.15) is 0 Å². The van der Waals surface area contributed by atoms with Crippen molar-refractivity contribution < 1.29 is 18.3 Å². The van der Waals surface area contributed by atoms with Gasteiger partial charge < -0.3 is 14.5 Å². The molecule has 0 atom stereocenters. The molecule has 0 aliphatic heterocycles. The van der Waals surface area contributed by atoms with Crippen LogP contribution in [0.2, 0.25) is 0 Å². The molecule has 4 nitrogen and oxygen atoms in total. The molecule has 1 heterocycles. The Balaban J connectivity index is 1.46. The molecule has 0 saturated heterocycles. The van der Waals surface area contributed by atoms with Gasteiger partial charge in [0.25, 0.3) is 0 Å². The third kappa shape index (κ3) is 5.57. The maximum atomic E-state index is 13.2. The van der Waals surface area contributed by atoms with Crippen molar-refractivity contribution in [3.05, 3.63) is 95.2 Å². The van der Waals surface area contributed by atoms with Gasteiger partial charge in [0.05, 0.1) is 19.3 Å². The molecule has 5 heteroatoms. The van der Waals surface area contributed by atoms with Crippen LogP contribution in [-0.4, -0.2) is 5.91 Å². The number of hydrogen-bond donors (Lipinski definition) is 1. The lowest BCUT2D eigenvalue weighted by Gasteiger charge is -2.08. The van der Waals surface area contributed by atoms with E-state index in [9.17, 15) is 9.18 Å². The number of ether oxygens (including phenoxy) is 1. The number of rotatable bonds is 8. The van der Waals surface area contributed by atoms with Crippen molar-refractivity contribution in [3.8, 4) is 0 Å². The summed E-state index contributed by atoms with van der Waals surface area (Å²) in [5, 5.41) is 2.86. The molecular formula is C21H20FNO3. The first-order valence-electron chi connectivity index (χ1n) is 8.38. The van der Waals surface area contributed by atoms with Crippen LogP contribution in [0.15, 0.2) is 71.3 Å². The molecule has 3 rings (SSSR count). The fourth-order valence-corrected chi connectivity index (χ4v) is 2.59. The van der Waals surface area contributed by atoms with Gasteiger partial charge in [0.1, 0.15) is 18.2 Å². The second-order valence-corrected chi connectivity index (χ2v) is 5.98. The van der Waals surface area contributed by atoms with E-state index in [0.717, 1.165) is 16.9 Å². The maximum absolute atomic E-state index is 13.2. The molecule has 2 aromatic carbocycles. The summed E-state index contributed by atoms with van der Waals surface area (Å²) in [7, 11) is 0. The van der Waals surface area contributed by atoms with E-state index in [1.54, 1.807) is 18.4 Å². The molecule has 1 aromatic heterocycles. The van der Waals surface area contributed by atoms with Crippen LogP contribution in [0.3, 0.4) is 0 Å². The molecule has 0 aliphatic rings. The predicted octanol–water partition coefficient (Wildman–Crippen LogP) is 3.99. The molecule has 0 bridgehead atoms. The van der Waals surface area contributed by atoms with Crippen LogP contribution in [0.5, 0.6) is 0 Å². The summed E-state index contributed by atoms with van der Waals surface area (Å²) in [5.41, 5.74) is 2.66. The van der Waals surface area contributed by atoms with Crippen LogP contribution in [0, 0.1) is 5.82 Å². The molecular weight excluding hydrogens is 333 g/mol. The highest BCUT2D eigenvalue weighted by Gasteiger charge is 2.05. The number of carbonyl (C=O) groups excluding carboxylic acids is 1. The van der Waals surface area contributed by atoms with E-state index in [1.165, 1.54) is 12.1 Å². The number of nitrogens with one attached hydrogen (secondary N) is 1. The molecule has 1 amide bonds. The Morgan fingerprint density at radius 3 is 2.58 bits per heavy atom. The average molecular weight is 353 g/mol. The SMILES string of the molecule is O=C(Cc1cccc(F)c1)NCc1cccc(COCc2ccco2)c1. The molecule has 0 aliphatic carbocycles. The fraction of sp³-hybridized carbons (Fsp3) is 0.190. The van der Waals surface area contributed by atoms with E-state index in [2.05, 4.69) is 5.32 Å². The Bertz CT molecular complexity index is 846. The molecule has 0 spiro atoms. The Morgan fingerprint density at radius 1 is 0.962 bits per heavy atom. The average Bonchev–Trinajstić information content (AvgIpc) is 3.14. The van der Waals surface area contributed by atoms with E-state index in [-0.39, 0.29) is 18.1 Å². The van der Waals surface area contributed by atoms with Crippen molar-refractivity contribution in [3.63, 3.8) is 0 Å². The van der Waals surface area contributed by atoms with E-state index in [0.29, 0.717) is 25.3 Å². The van der Waals surface area contributed by atoms with E-state index < -0.39 is 0 Å². The number of hydrogen-bond acceptors (Lipinski definition) is 3. The first-order chi connectivity index (χ1) is 12.7. The Morgan fingerprint density at radius 2 is 1.77 bits per heavy atom. The van der Waals surface area contributed by atoms with E-state index >= 15 is 0 Å². The smallest absolute Gasteiger partial charge is 0.224 e. The Kier molecular flexibility index (Phi) is 6.17. The second kappa shape index (κ2) is 8.97. The van der Waals surface area contributed by atoms with Gasteiger partial charge in [-0.15, -0.1) is 0 Å². The second-order valence-electron chi connectivity index (χ2n) is 5.98. The number of benzene rings is 2. The number of furan rings is 1. The Hall–Kier alpha value is -2.92. The summed E-state index contributed by atoms with van der Waals surface area (Å²) in [6.45, 7) is 1.30. The van der Waals surface area contributed by atoms with E-state index in [4.69, 9.17) is 9.15 Å². The molecule has 1 N–H and O–H groups in total. The predicted molar refractivity (Wildman–Crippen MR) is 95.6 cm³/mol. The normalized spacial score (nSPS) is 10.7. The van der Waals surface area contributed by atoms with Gasteiger partial charge >= 0.3 is 0 Å². The highest BCUT2D eigenvalue weighted by Crippen LogP contribution is 2.10. The fourth-order valence-electron chi connectivity index (χ4n) is 2.59. The summed E-state index contributed by atoms with van der Waals surface area (Å²) in [5.74, 6) is 0.304. The highest BCUT2D eigenvalue weighted by atomic mass is 19.1. The molecule has 134 valence electrons. The summed E-state index contributed by atoms with van der Waals surface area (Å²) < 4.78 is 24.0. The van der Waals surface area contributed by atoms with Crippen molar-refractivity contribution in [1.29, 1.82) is 0 Å². The van der Waals surface area contributed by atoms with Gasteiger partial charge in [0.2, 0.25) is 5.91 Å². The summed E-state index contributed by atoms with van der Waals surface area (Å²) >= 11 is 0. The van der Waals surface area contributed by atoms with Gasteiger partial charge in [-0.25, -0.2) is 4.39 Å². The molecule has 0 saturated carbocycles. The number of halogens is 1. The van der Waals surface area contributed by atoms with Crippen LogP contribution >= 0.6 is 0 Å². The summed E-state index contributed by atoms with van der Waals surface area (Å²) in [4.78, 5) is 12.0. The first kappa shape index (κ1) is 17.9. The molecule has 0 unspecified atom stereocenters. The standard InChI is InChI=1S/C21H20FNO3/c22-19-7-2-4-16(11-19)12-21(24)23-13-17-5-1-6-18(10-17)14-25-15-20-8-3-9-26-20/h1-11H,12-15H2,(H,23,24). The lowest BCUT2D eigenvalue weighted by Crippen LogP contribution is -2.24. The minimum absolute atomic E-state index is 0.143. The van der Waals surface area contributed by atoms with Gasteiger partial charge in [-0.05, 0) is 41.0 Å².